The summed E-state index contributed by atoms with van der Waals surface area (Å²) in [6, 6.07) is 0.131. The molecule has 1 fully saturated rings. The zero-order valence-electron chi connectivity index (χ0n) is 7.85. The van der Waals surface area contributed by atoms with E-state index in [1.165, 1.54) is 11.3 Å². The van der Waals surface area contributed by atoms with Crippen molar-refractivity contribution in [2.45, 2.75) is 18.9 Å². The largest absolute Gasteiger partial charge is 0.336 e. The molecule has 1 aromatic heterocycles. The van der Waals surface area contributed by atoms with Gasteiger partial charge in [-0.25, -0.2) is 4.98 Å². The van der Waals surface area contributed by atoms with Gasteiger partial charge in [0.15, 0.2) is 0 Å². The number of thiazole rings is 1. The summed E-state index contributed by atoms with van der Waals surface area (Å²) in [5.41, 5.74) is 8.03. The number of likely N-dealkylation sites (tertiary alicyclic amines) is 1. The van der Waals surface area contributed by atoms with Crippen molar-refractivity contribution >= 4 is 17.2 Å². The van der Waals surface area contributed by atoms with Gasteiger partial charge in [0.2, 0.25) is 0 Å². The van der Waals surface area contributed by atoms with Gasteiger partial charge in [0.1, 0.15) is 5.69 Å². The summed E-state index contributed by atoms with van der Waals surface area (Å²) >= 11 is 1.44. The number of hydrogen-bond donors (Lipinski definition) is 1. The highest BCUT2D eigenvalue weighted by molar-refractivity contribution is 7.07. The van der Waals surface area contributed by atoms with Crippen molar-refractivity contribution in [2.75, 3.05) is 13.1 Å². The van der Waals surface area contributed by atoms with Gasteiger partial charge in [-0.2, -0.15) is 0 Å². The number of carbonyl (C=O) groups excluding carboxylic acids is 1. The number of piperidine rings is 1. The van der Waals surface area contributed by atoms with E-state index < -0.39 is 0 Å². The van der Waals surface area contributed by atoms with Gasteiger partial charge in [-0.15, -0.1) is 11.3 Å². The maximum absolute atomic E-state index is 11.8. The van der Waals surface area contributed by atoms with E-state index in [4.69, 9.17) is 5.73 Å². The summed E-state index contributed by atoms with van der Waals surface area (Å²) in [7, 11) is 0. The predicted octanol–water partition coefficient (Wildman–Crippen LogP) is 0.706. The van der Waals surface area contributed by atoms with E-state index in [1.807, 2.05) is 0 Å². The van der Waals surface area contributed by atoms with Gasteiger partial charge < -0.3 is 10.6 Å². The molecule has 1 saturated heterocycles. The lowest BCUT2D eigenvalue weighted by Crippen LogP contribution is -2.45. The lowest BCUT2D eigenvalue weighted by molar-refractivity contribution is 0.0703. The van der Waals surface area contributed by atoms with E-state index in [0.29, 0.717) is 12.2 Å². The van der Waals surface area contributed by atoms with E-state index in [2.05, 4.69) is 4.98 Å². The molecule has 14 heavy (non-hydrogen) atoms. The van der Waals surface area contributed by atoms with Crippen molar-refractivity contribution in [1.82, 2.24) is 9.88 Å². The molecule has 0 spiro atoms. The van der Waals surface area contributed by atoms with Crippen molar-refractivity contribution < 1.29 is 4.79 Å². The molecule has 1 atom stereocenters. The Morgan fingerprint density at radius 2 is 2.57 bits per heavy atom. The van der Waals surface area contributed by atoms with Crippen LogP contribution in [0.15, 0.2) is 10.9 Å². The molecule has 1 aromatic rings. The third kappa shape index (κ3) is 1.93. The normalized spacial score (nSPS) is 22.4. The summed E-state index contributed by atoms with van der Waals surface area (Å²) in [5, 5.41) is 1.78. The quantitative estimate of drug-likeness (QED) is 0.744. The molecule has 2 N–H and O–H groups in total. The van der Waals surface area contributed by atoms with E-state index in [1.54, 1.807) is 15.8 Å². The number of hydrogen-bond acceptors (Lipinski definition) is 4. The molecular formula is C9H13N3OS. The van der Waals surface area contributed by atoms with Crippen LogP contribution in [0.25, 0.3) is 0 Å². The second kappa shape index (κ2) is 4.06. The van der Waals surface area contributed by atoms with Crippen LogP contribution in [-0.4, -0.2) is 34.9 Å². The molecule has 5 heteroatoms. The zero-order valence-corrected chi connectivity index (χ0v) is 8.67. The lowest BCUT2D eigenvalue weighted by Gasteiger charge is -2.30. The van der Waals surface area contributed by atoms with Crippen LogP contribution in [-0.2, 0) is 0 Å². The van der Waals surface area contributed by atoms with E-state index in [-0.39, 0.29) is 11.9 Å². The van der Waals surface area contributed by atoms with E-state index in [9.17, 15) is 4.79 Å². The molecule has 0 aromatic carbocycles. The molecule has 0 bridgehead atoms. The molecule has 76 valence electrons. The third-order valence-electron chi connectivity index (χ3n) is 2.40. The topological polar surface area (TPSA) is 59.2 Å². The minimum Gasteiger partial charge on any atom is -0.336 e. The van der Waals surface area contributed by atoms with Crippen LogP contribution in [0.4, 0.5) is 0 Å². The first-order valence-electron chi connectivity index (χ1n) is 4.70. The lowest BCUT2D eigenvalue weighted by atomic mass is 10.1. The van der Waals surface area contributed by atoms with Crippen molar-refractivity contribution in [3.8, 4) is 0 Å². The van der Waals surface area contributed by atoms with E-state index in [0.717, 1.165) is 19.4 Å². The Kier molecular flexibility index (Phi) is 2.79. The van der Waals surface area contributed by atoms with Crippen LogP contribution < -0.4 is 5.73 Å². The minimum absolute atomic E-state index is 0.0152. The Morgan fingerprint density at radius 3 is 3.21 bits per heavy atom. The van der Waals surface area contributed by atoms with Gasteiger partial charge in [-0.05, 0) is 12.8 Å². The first kappa shape index (κ1) is 9.61. The molecule has 0 saturated carbocycles. The monoisotopic (exact) mass is 211 g/mol. The third-order valence-corrected chi connectivity index (χ3v) is 2.98. The van der Waals surface area contributed by atoms with Crippen LogP contribution in [0.5, 0.6) is 0 Å². The van der Waals surface area contributed by atoms with Gasteiger partial charge in [-0.3, -0.25) is 4.79 Å². The standard InChI is InChI=1S/C9H13N3OS/c10-7-2-1-3-12(4-7)9(13)8-5-14-6-11-8/h5-7H,1-4,10H2. The smallest absolute Gasteiger partial charge is 0.273 e. The predicted molar refractivity (Wildman–Crippen MR) is 55.2 cm³/mol. The van der Waals surface area contributed by atoms with Gasteiger partial charge in [-0.1, -0.05) is 0 Å². The number of amides is 1. The number of aromatic nitrogens is 1. The van der Waals surface area contributed by atoms with Gasteiger partial charge >= 0.3 is 0 Å². The molecular weight excluding hydrogens is 198 g/mol. The first-order chi connectivity index (χ1) is 6.77. The summed E-state index contributed by atoms with van der Waals surface area (Å²) < 4.78 is 0. The first-order valence-corrected chi connectivity index (χ1v) is 5.64. The molecule has 2 rings (SSSR count). The second-order valence-corrected chi connectivity index (χ2v) is 4.25. The fourth-order valence-electron chi connectivity index (χ4n) is 1.67. The van der Waals surface area contributed by atoms with Crippen LogP contribution >= 0.6 is 11.3 Å². The average molecular weight is 211 g/mol. The highest BCUT2D eigenvalue weighted by Gasteiger charge is 2.22. The van der Waals surface area contributed by atoms with Crippen molar-refractivity contribution in [2.24, 2.45) is 5.73 Å². The molecule has 0 aliphatic carbocycles. The van der Waals surface area contributed by atoms with Crippen molar-refractivity contribution in [1.29, 1.82) is 0 Å². The molecule has 1 amide bonds. The molecule has 1 unspecified atom stereocenters. The van der Waals surface area contributed by atoms with Crippen LogP contribution in [0.2, 0.25) is 0 Å². The Morgan fingerprint density at radius 1 is 1.71 bits per heavy atom. The average Bonchev–Trinajstić information content (AvgIpc) is 2.69. The summed E-state index contributed by atoms with van der Waals surface area (Å²) in [6.45, 7) is 1.47. The van der Waals surface area contributed by atoms with E-state index >= 15 is 0 Å². The molecule has 2 heterocycles. The fourth-order valence-corrected chi connectivity index (χ4v) is 2.20. The number of nitrogens with two attached hydrogens (primary N) is 1. The van der Waals surface area contributed by atoms with Gasteiger partial charge in [0.05, 0.1) is 5.51 Å². The Hall–Kier alpha value is -0.940. The van der Waals surface area contributed by atoms with Crippen LogP contribution in [0, 0.1) is 0 Å². The van der Waals surface area contributed by atoms with Crippen molar-refractivity contribution in [3.63, 3.8) is 0 Å². The molecule has 1 aliphatic heterocycles. The number of rotatable bonds is 1. The number of nitrogens with zero attached hydrogens (tertiary/aromatic N) is 2. The van der Waals surface area contributed by atoms with Gasteiger partial charge in [0, 0.05) is 24.5 Å². The Labute approximate surface area is 86.7 Å². The summed E-state index contributed by atoms with van der Waals surface area (Å²) in [5.74, 6) is 0.0152. The maximum atomic E-state index is 11.8. The Bertz CT molecular complexity index is 312. The minimum atomic E-state index is 0.0152. The molecule has 4 nitrogen and oxygen atoms in total. The zero-order chi connectivity index (χ0) is 9.97. The summed E-state index contributed by atoms with van der Waals surface area (Å²) in [6.07, 6.45) is 2.01. The SMILES string of the molecule is NC1CCCN(C(=O)c2cscn2)C1. The second-order valence-electron chi connectivity index (χ2n) is 3.53. The number of carbonyl (C=O) groups is 1. The Balaban J connectivity index is 2.04. The fraction of sp³-hybridized carbons (Fsp3) is 0.556. The maximum Gasteiger partial charge on any atom is 0.273 e. The van der Waals surface area contributed by atoms with Gasteiger partial charge in [0.25, 0.3) is 5.91 Å². The molecule has 0 radical (unpaired) electrons. The summed E-state index contributed by atoms with van der Waals surface area (Å²) in [4.78, 5) is 17.6. The van der Waals surface area contributed by atoms with Crippen LogP contribution in [0.1, 0.15) is 23.3 Å². The highest BCUT2D eigenvalue weighted by Crippen LogP contribution is 2.12. The highest BCUT2D eigenvalue weighted by atomic mass is 32.1. The van der Waals surface area contributed by atoms with Crippen molar-refractivity contribution in [3.05, 3.63) is 16.6 Å². The molecule has 1 aliphatic rings. The van der Waals surface area contributed by atoms with Crippen LogP contribution in [0.3, 0.4) is 0 Å².